The lowest BCUT2D eigenvalue weighted by Gasteiger charge is -2.17. The summed E-state index contributed by atoms with van der Waals surface area (Å²) in [6.07, 6.45) is 0.0144. The fraction of sp³-hybridized carbons (Fsp3) is 0.500. The van der Waals surface area contributed by atoms with E-state index in [2.05, 4.69) is 29.8 Å². The van der Waals surface area contributed by atoms with Gasteiger partial charge in [-0.3, -0.25) is 0 Å². The van der Waals surface area contributed by atoms with Crippen LogP contribution in [0.2, 0.25) is 0 Å². The second kappa shape index (κ2) is 6.26. The maximum Gasteiger partial charge on any atom is 0.0947 e. The maximum absolute atomic E-state index is 5.74. The van der Waals surface area contributed by atoms with Gasteiger partial charge in [0.05, 0.1) is 6.10 Å². The first kappa shape index (κ1) is 12.7. The van der Waals surface area contributed by atoms with Gasteiger partial charge in [-0.15, -0.1) is 0 Å². The first-order valence-corrected chi connectivity index (χ1v) is 6.00. The molecule has 0 aliphatic heterocycles. The van der Waals surface area contributed by atoms with Gasteiger partial charge in [0.25, 0.3) is 0 Å². The number of benzene rings is 1. The molecular weight excluding hydrogens is 254 g/mol. The monoisotopic (exact) mass is 271 g/mol. The minimum absolute atomic E-state index is 0.0144. The molecule has 0 amide bonds. The average molecular weight is 272 g/mol. The number of nitrogens with two attached hydrogens (primary N) is 1. The van der Waals surface area contributed by atoms with Crippen molar-refractivity contribution in [2.45, 2.75) is 20.0 Å². The summed E-state index contributed by atoms with van der Waals surface area (Å²) in [4.78, 5) is 0. The molecule has 0 saturated heterocycles. The van der Waals surface area contributed by atoms with E-state index < -0.39 is 0 Å². The zero-order chi connectivity index (χ0) is 11.3. The molecule has 0 spiro atoms. The van der Waals surface area contributed by atoms with Gasteiger partial charge in [-0.1, -0.05) is 41.9 Å². The molecule has 1 aromatic rings. The Morgan fingerprint density at radius 3 is 2.33 bits per heavy atom. The van der Waals surface area contributed by atoms with Crippen LogP contribution in [0, 0.1) is 5.92 Å². The van der Waals surface area contributed by atoms with E-state index in [1.807, 2.05) is 24.3 Å². The molecule has 15 heavy (non-hydrogen) atoms. The topological polar surface area (TPSA) is 35.2 Å². The molecule has 2 N–H and O–H groups in total. The van der Waals surface area contributed by atoms with Gasteiger partial charge in [0.1, 0.15) is 0 Å². The molecule has 1 atom stereocenters. The van der Waals surface area contributed by atoms with Gasteiger partial charge >= 0.3 is 0 Å². The van der Waals surface area contributed by atoms with E-state index in [1.165, 1.54) is 0 Å². The predicted octanol–water partition coefficient (Wildman–Crippen LogP) is 3.12. The Morgan fingerprint density at radius 1 is 1.27 bits per heavy atom. The molecule has 0 aliphatic carbocycles. The van der Waals surface area contributed by atoms with Crippen molar-refractivity contribution in [1.29, 1.82) is 0 Å². The quantitative estimate of drug-likeness (QED) is 0.893. The van der Waals surface area contributed by atoms with Crippen molar-refractivity contribution in [2.75, 3.05) is 13.2 Å². The third kappa shape index (κ3) is 4.33. The smallest absolute Gasteiger partial charge is 0.0947 e. The SMILES string of the molecule is CC(C)COC(CN)c1ccc(Br)cc1. The summed E-state index contributed by atoms with van der Waals surface area (Å²) >= 11 is 3.41. The molecule has 2 nitrogen and oxygen atoms in total. The fourth-order valence-corrected chi connectivity index (χ4v) is 1.55. The third-order valence-corrected chi connectivity index (χ3v) is 2.62. The van der Waals surface area contributed by atoms with Crippen molar-refractivity contribution in [3.8, 4) is 0 Å². The van der Waals surface area contributed by atoms with Crippen LogP contribution in [0.4, 0.5) is 0 Å². The van der Waals surface area contributed by atoms with Crippen molar-refractivity contribution in [3.05, 3.63) is 34.3 Å². The molecule has 84 valence electrons. The summed E-state index contributed by atoms with van der Waals surface area (Å²) in [6, 6.07) is 8.11. The fourth-order valence-electron chi connectivity index (χ4n) is 1.29. The molecule has 3 heteroatoms. The highest BCUT2D eigenvalue weighted by molar-refractivity contribution is 9.10. The Kier molecular flexibility index (Phi) is 5.29. The normalized spacial score (nSPS) is 13.1. The van der Waals surface area contributed by atoms with Crippen LogP contribution in [-0.2, 0) is 4.74 Å². The molecule has 0 bridgehead atoms. The van der Waals surface area contributed by atoms with E-state index in [9.17, 15) is 0 Å². The number of hydrogen-bond acceptors (Lipinski definition) is 2. The average Bonchev–Trinajstić information content (AvgIpc) is 2.21. The molecule has 1 unspecified atom stereocenters. The summed E-state index contributed by atoms with van der Waals surface area (Å²) in [7, 11) is 0. The van der Waals surface area contributed by atoms with Crippen LogP contribution in [0.15, 0.2) is 28.7 Å². The molecule has 1 aromatic carbocycles. The first-order valence-electron chi connectivity index (χ1n) is 5.20. The van der Waals surface area contributed by atoms with Crippen LogP contribution >= 0.6 is 15.9 Å². The molecular formula is C12H18BrNO. The number of halogens is 1. The van der Waals surface area contributed by atoms with Crippen LogP contribution < -0.4 is 5.73 Å². The van der Waals surface area contributed by atoms with Crippen LogP contribution in [0.5, 0.6) is 0 Å². The lowest BCUT2D eigenvalue weighted by atomic mass is 10.1. The molecule has 0 saturated carbocycles. The highest BCUT2D eigenvalue weighted by atomic mass is 79.9. The lowest BCUT2D eigenvalue weighted by Crippen LogP contribution is -2.18. The number of rotatable bonds is 5. The van der Waals surface area contributed by atoms with Crippen LogP contribution in [0.3, 0.4) is 0 Å². The number of ether oxygens (including phenoxy) is 1. The van der Waals surface area contributed by atoms with Gasteiger partial charge in [-0.25, -0.2) is 0 Å². The number of hydrogen-bond donors (Lipinski definition) is 1. The van der Waals surface area contributed by atoms with Crippen LogP contribution in [0.25, 0.3) is 0 Å². The summed E-state index contributed by atoms with van der Waals surface area (Å²) in [6.45, 7) is 5.54. The van der Waals surface area contributed by atoms with E-state index in [1.54, 1.807) is 0 Å². The Balaban J connectivity index is 2.61. The van der Waals surface area contributed by atoms with E-state index in [4.69, 9.17) is 10.5 Å². The minimum Gasteiger partial charge on any atom is -0.372 e. The van der Waals surface area contributed by atoms with E-state index in [0.29, 0.717) is 12.5 Å². The van der Waals surface area contributed by atoms with Crippen molar-refractivity contribution in [3.63, 3.8) is 0 Å². The summed E-state index contributed by atoms with van der Waals surface area (Å²) < 4.78 is 6.81. The van der Waals surface area contributed by atoms with E-state index in [0.717, 1.165) is 16.6 Å². The second-order valence-corrected chi connectivity index (χ2v) is 4.92. The molecule has 0 fully saturated rings. The van der Waals surface area contributed by atoms with Crippen molar-refractivity contribution in [2.24, 2.45) is 11.7 Å². The summed E-state index contributed by atoms with van der Waals surface area (Å²) in [5, 5.41) is 0. The summed E-state index contributed by atoms with van der Waals surface area (Å²) in [5.74, 6) is 0.537. The largest absolute Gasteiger partial charge is 0.372 e. The summed E-state index contributed by atoms with van der Waals surface area (Å²) in [5.41, 5.74) is 6.83. The Morgan fingerprint density at radius 2 is 1.87 bits per heavy atom. The first-order chi connectivity index (χ1) is 7.13. The molecule has 0 radical (unpaired) electrons. The van der Waals surface area contributed by atoms with Gasteiger partial charge < -0.3 is 10.5 Å². The molecule has 0 heterocycles. The lowest BCUT2D eigenvalue weighted by molar-refractivity contribution is 0.0406. The van der Waals surface area contributed by atoms with Crippen molar-refractivity contribution < 1.29 is 4.74 Å². The Labute approximate surface area is 99.9 Å². The standard InChI is InChI=1S/C12H18BrNO/c1-9(2)8-15-12(7-14)10-3-5-11(13)6-4-10/h3-6,9,12H,7-8,14H2,1-2H3. The zero-order valence-corrected chi connectivity index (χ0v) is 10.8. The molecule has 0 aromatic heterocycles. The van der Waals surface area contributed by atoms with Gasteiger partial charge in [0, 0.05) is 17.6 Å². The van der Waals surface area contributed by atoms with Crippen LogP contribution in [-0.4, -0.2) is 13.2 Å². The van der Waals surface area contributed by atoms with Crippen molar-refractivity contribution >= 4 is 15.9 Å². The zero-order valence-electron chi connectivity index (χ0n) is 9.24. The van der Waals surface area contributed by atoms with Crippen molar-refractivity contribution in [1.82, 2.24) is 0 Å². The van der Waals surface area contributed by atoms with Gasteiger partial charge in [-0.05, 0) is 23.6 Å². The Hall–Kier alpha value is -0.380. The predicted molar refractivity (Wildman–Crippen MR) is 66.7 cm³/mol. The van der Waals surface area contributed by atoms with E-state index in [-0.39, 0.29) is 6.10 Å². The van der Waals surface area contributed by atoms with Gasteiger partial charge in [0.15, 0.2) is 0 Å². The molecule has 0 aliphatic rings. The molecule has 1 rings (SSSR count). The Bertz CT molecular complexity index is 284. The van der Waals surface area contributed by atoms with Gasteiger partial charge in [-0.2, -0.15) is 0 Å². The van der Waals surface area contributed by atoms with Crippen LogP contribution in [0.1, 0.15) is 25.5 Å². The highest BCUT2D eigenvalue weighted by Gasteiger charge is 2.10. The van der Waals surface area contributed by atoms with Gasteiger partial charge in [0.2, 0.25) is 0 Å². The van der Waals surface area contributed by atoms with E-state index >= 15 is 0 Å². The third-order valence-electron chi connectivity index (χ3n) is 2.09. The minimum atomic E-state index is 0.0144. The maximum atomic E-state index is 5.74. The highest BCUT2D eigenvalue weighted by Crippen LogP contribution is 2.19. The second-order valence-electron chi connectivity index (χ2n) is 4.00.